The zero-order valence-electron chi connectivity index (χ0n) is 29.8. The molecular weight excluding hydrogens is 706 g/mol. The van der Waals surface area contributed by atoms with Crippen LogP contribution in [0.1, 0.15) is 62.3 Å². The van der Waals surface area contributed by atoms with E-state index in [9.17, 15) is 43.2 Å². The molecule has 10 atom stereocenters. The molecule has 21 heteroatoms. The smallest absolute Gasteiger partial charge is 0.303 e. The van der Waals surface area contributed by atoms with E-state index in [4.69, 9.17) is 47.4 Å². The minimum Gasteiger partial charge on any atom is -0.463 e. The first kappa shape index (κ1) is 41.1. The number of fused-ring (bicyclic) bond motifs is 1. The molecule has 0 radical (unpaired) electrons. The Bertz CT molecular complexity index is 1510. The molecule has 21 nitrogen and oxygen atoms in total. The maximum absolute atomic E-state index is 13.5. The summed E-state index contributed by atoms with van der Waals surface area (Å²) in [5, 5.41) is 0. The first-order chi connectivity index (χ1) is 24.2. The lowest BCUT2D eigenvalue weighted by Crippen LogP contribution is -2.63. The van der Waals surface area contributed by atoms with Crippen LogP contribution in [-0.2, 0) is 90.5 Å². The summed E-state index contributed by atoms with van der Waals surface area (Å²) in [5.41, 5.74) is -2.29. The van der Waals surface area contributed by atoms with Gasteiger partial charge in [-0.1, -0.05) is 0 Å². The molecule has 52 heavy (non-hydrogen) atoms. The van der Waals surface area contributed by atoms with Gasteiger partial charge in [-0.25, -0.2) is 0 Å². The number of amidine groups is 1. The number of esters is 8. The second-order valence-electron chi connectivity index (χ2n) is 11.9. The van der Waals surface area contributed by atoms with Crippen LogP contribution in [0.3, 0.4) is 0 Å². The Morgan fingerprint density at radius 3 is 1.60 bits per heavy atom. The first-order valence-electron chi connectivity index (χ1n) is 15.7. The van der Waals surface area contributed by atoms with Crippen LogP contribution in [0.5, 0.6) is 0 Å². The summed E-state index contributed by atoms with van der Waals surface area (Å²) in [7, 11) is 0. The third kappa shape index (κ3) is 9.50. The minimum atomic E-state index is -2.29. The van der Waals surface area contributed by atoms with Crippen molar-refractivity contribution in [3.05, 3.63) is 0 Å². The van der Waals surface area contributed by atoms with E-state index in [0.29, 0.717) is 0 Å². The van der Waals surface area contributed by atoms with Crippen molar-refractivity contribution in [2.75, 3.05) is 13.2 Å². The van der Waals surface area contributed by atoms with Gasteiger partial charge in [0.25, 0.3) is 6.02 Å². The third-order valence-corrected chi connectivity index (χ3v) is 7.61. The van der Waals surface area contributed by atoms with Crippen molar-refractivity contribution >= 4 is 59.7 Å². The first-order valence-corrected chi connectivity index (χ1v) is 15.7. The Balaban J connectivity index is 2.30. The van der Waals surface area contributed by atoms with Crippen LogP contribution in [0, 0.1) is 0 Å². The molecule has 0 bridgehead atoms. The molecule has 3 rings (SSSR count). The topological polar surface area (TPSA) is 262 Å². The van der Waals surface area contributed by atoms with Crippen molar-refractivity contribution in [2.24, 2.45) is 4.99 Å². The van der Waals surface area contributed by atoms with Crippen molar-refractivity contribution in [1.82, 2.24) is 4.90 Å². The highest BCUT2D eigenvalue weighted by Crippen LogP contribution is 2.47. The average molecular weight is 747 g/mol. The highest BCUT2D eigenvalue weighted by Gasteiger charge is 2.74. The number of carbonyl (C=O) groups excluding carboxylic acids is 9. The van der Waals surface area contributed by atoms with Crippen molar-refractivity contribution in [3.8, 4) is 0 Å². The molecule has 0 aromatic heterocycles. The van der Waals surface area contributed by atoms with E-state index in [1.807, 2.05) is 0 Å². The fourth-order valence-electron chi connectivity index (χ4n) is 6.18. The van der Waals surface area contributed by atoms with Crippen LogP contribution in [0.15, 0.2) is 4.99 Å². The van der Waals surface area contributed by atoms with Gasteiger partial charge in [0.2, 0.25) is 11.5 Å². The number of hydrogen-bond acceptors (Lipinski definition) is 20. The molecule has 1 amide bonds. The highest BCUT2D eigenvalue weighted by molar-refractivity contribution is 5.96. The van der Waals surface area contributed by atoms with Crippen molar-refractivity contribution < 1.29 is 90.5 Å². The quantitative estimate of drug-likeness (QED) is 0.104. The zero-order chi connectivity index (χ0) is 39.2. The van der Waals surface area contributed by atoms with Gasteiger partial charge in [0.15, 0.2) is 42.9 Å². The lowest BCUT2D eigenvalue weighted by atomic mass is 9.94. The van der Waals surface area contributed by atoms with E-state index in [2.05, 4.69) is 4.99 Å². The molecule has 0 N–H and O–H groups in total. The number of aliphatic imine (C=N–C) groups is 1. The lowest BCUT2D eigenvalue weighted by molar-refractivity contribution is -0.251. The molecule has 288 valence electrons. The van der Waals surface area contributed by atoms with Crippen LogP contribution in [0.25, 0.3) is 0 Å². The summed E-state index contributed by atoms with van der Waals surface area (Å²) >= 11 is 0. The van der Waals surface area contributed by atoms with Crippen LogP contribution < -0.4 is 0 Å². The van der Waals surface area contributed by atoms with Gasteiger partial charge in [-0.3, -0.25) is 48.1 Å². The molecule has 0 unspecified atom stereocenters. The maximum atomic E-state index is 13.5. The average Bonchev–Trinajstić information content (AvgIpc) is 3.46. The lowest BCUT2D eigenvalue weighted by Gasteiger charge is -2.43. The van der Waals surface area contributed by atoms with E-state index in [1.165, 1.54) is 0 Å². The Labute approximate surface area is 296 Å². The molecule has 2 saturated heterocycles. The van der Waals surface area contributed by atoms with Gasteiger partial charge in [0.1, 0.15) is 25.4 Å². The number of hydrogen-bond donors (Lipinski definition) is 0. The second-order valence-corrected chi connectivity index (χ2v) is 11.9. The molecule has 1 aliphatic carbocycles. The molecular formula is C31H40N2O19. The standard InChI is InChI=1S/C31H40N2O19/c1-12(34)33-27-24(25(47-17(6)39)28(49-19(8)41)31(27,52-20(9)42)11-44-14(3)36)51-30(33)32-29-26(48-18(7)40)23(46-16(5)38)22(45-15(4)37)21(50-29)10-43-13(2)35/h21-29H,10-11H2,1-9H3/b32-30-/t21-,22-,23+,24-,25-,26-,27-,28+,29+,31+/m1/s1/i30+1,32+1. The Hall–Kier alpha value is -5.34. The molecule has 0 aromatic rings. The molecule has 0 spiro atoms. The minimum absolute atomic E-state index is 0.599. The van der Waals surface area contributed by atoms with E-state index in [1.54, 1.807) is 0 Å². The highest BCUT2D eigenvalue weighted by atomic mass is 16.7. The van der Waals surface area contributed by atoms with E-state index < -0.39 is 133 Å². The van der Waals surface area contributed by atoms with Gasteiger partial charge in [-0.05, 0) is 0 Å². The van der Waals surface area contributed by atoms with Gasteiger partial charge < -0.3 is 47.4 Å². The van der Waals surface area contributed by atoms with Crippen molar-refractivity contribution in [2.45, 2.75) is 123 Å². The predicted molar refractivity (Wildman–Crippen MR) is 163 cm³/mol. The van der Waals surface area contributed by atoms with Crippen LogP contribution in [-0.4, -0.2) is 138 Å². The van der Waals surface area contributed by atoms with Gasteiger partial charge in [-0.15, -0.1) is 0 Å². The molecule has 1 saturated carbocycles. The number of rotatable bonds is 11. The summed E-state index contributed by atoms with van der Waals surface area (Å²) in [4.78, 5) is 117. The SMILES string of the molecule is CC(=O)OC[C@H]1O[C@H](/[15N]=[13C]2\O[C@@H]3[C@@H](OC(C)=O)[C@H](OC(C)=O)[C@@](COC(C)=O)(OC(C)=O)[C@@H]3N2C(C)=O)[C@H](OC(C)=O)[C@@H](OC(C)=O)[C@@H]1OC(C)=O. The van der Waals surface area contributed by atoms with Crippen LogP contribution >= 0.6 is 0 Å². The Morgan fingerprint density at radius 1 is 0.615 bits per heavy atom. The van der Waals surface area contributed by atoms with E-state index in [-0.39, 0.29) is 0 Å². The van der Waals surface area contributed by atoms with Crippen LogP contribution in [0.2, 0.25) is 0 Å². The molecule has 2 heterocycles. The predicted octanol–water partition coefficient (Wildman–Crippen LogP) is -1.22. The summed E-state index contributed by atoms with van der Waals surface area (Å²) in [5.74, 6) is -8.12. The van der Waals surface area contributed by atoms with Crippen molar-refractivity contribution in [1.29, 1.82) is 0 Å². The van der Waals surface area contributed by atoms with Gasteiger partial charge in [-0.2, -0.15) is 4.99 Å². The largest absolute Gasteiger partial charge is 0.463 e. The second kappa shape index (κ2) is 16.8. The summed E-state index contributed by atoms with van der Waals surface area (Å²) < 4.78 is 55.3. The fraction of sp³-hybridized carbons (Fsp3) is 0.677. The third-order valence-electron chi connectivity index (χ3n) is 7.61. The number of amides is 1. The number of nitrogens with zero attached hydrogens (tertiary/aromatic N) is 2. The molecule has 0 aromatic carbocycles. The fourth-order valence-corrected chi connectivity index (χ4v) is 6.18. The van der Waals surface area contributed by atoms with Gasteiger partial charge >= 0.3 is 47.8 Å². The summed E-state index contributed by atoms with van der Waals surface area (Å²) in [6, 6.07) is -2.23. The number of ether oxygens (including phenoxy) is 10. The zero-order valence-corrected chi connectivity index (χ0v) is 29.8. The summed E-state index contributed by atoms with van der Waals surface area (Å²) in [6.07, 6.45) is -13.0. The van der Waals surface area contributed by atoms with Gasteiger partial charge in [0, 0.05) is 62.3 Å². The molecule has 2 aliphatic heterocycles. The van der Waals surface area contributed by atoms with E-state index >= 15 is 0 Å². The van der Waals surface area contributed by atoms with Crippen molar-refractivity contribution in [3.63, 3.8) is 0 Å². The van der Waals surface area contributed by atoms with Gasteiger partial charge in [0.05, 0.1) is 0 Å². The maximum Gasteiger partial charge on any atom is 0.303 e. The van der Waals surface area contributed by atoms with Crippen LogP contribution in [0.4, 0.5) is 0 Å². The van der Waals surface area contributed by atoms with E-state index in [0.717, 1.165) is 67.2 Å². The monoisotopic (exact) mass is 746 g/mol. The normalized spacial score (nSPS) is 31.2. The molecule has 3 aliphatic rings. The Morgan fingerprint density at radius 2 is 1.12 bits per heavy atom. The Kier molecular flexibility index (Phi) is 13.3. The molecule has 3 fully saturated rings. The summed E-state index contributed by atoms with van der Waals surface area (Å²) in [6.45, 7) is 7.75. The number of carbonyl (C=O) groups is 9.